The molecule has 0 atom stereocenters. The topological polar surface area (TPSA) is 82.2 Å². The van der Waals surface area contributed by atoms with E-state index in [0.717, 1.165) is 23.0 Å². The van der Waals surface area contributed by atoms with Crippen molar-refractivity contribution in [1.29, 1.82) is 0 Å². The number of rotatable bonds is 3. The summed E-state index contributed by atoms with van der Waals surface area (Å²) in [5.41, 5.74) is 0.691. The molecule has 0 saturated heterocycles. The molecule has 1 aromatic heterocycles. The number of H-pyrrole nitrogens is 1. The van der Waals surface area contributed by atoms with Crippen molar-refractivity contribution in [3.05, 3.63) is 59.7 Å². The van der Waals surface area contributed by atoms with Gasteiger partial charge in [-0.3, -0.25) is 9.89 Å². The summed E-state index contributed by atoms with van der Waals surface area (Å²) < 4.78 is 26.6. The molecule has 1 amide bonds. The minimum atomic E-state index is -1.10. The Kier molecular flexibility index (Phi) is 5.39. The van der Waals surface area contributed by atoms with Crippen molar-refractivity contribution >= 4 is 28.6 Å². The molecule has 0 aliphatic heterocycles. The number of anilines is 1. The smallest absolute Gasteiger partial charge is 0.280 e. The molecule has 3 rings (SSSR count). The normalized spacial score (nSPS) is 12.2. The number of carbonyl (C=O) groups is 1. The molecule has 0 unspecified atom stereocenters. The number of hydrogen-bond donors (Lipinski definition) is 3. The number of aliphatic imine (C=N–C) groups is 1. The van der Waals surface area contributed by atoms with Gasteiger partial charge in [0.2, 0.25) is 5.96 Å². The maximum Gasteiger partial charge on any atom is 0.280 e. The van der Waals surface area contributed by atoms with E-state index in [4.69, 9.17) is 0 Å². The van der Waals surface area contributed by atoms with Crippen LogP contribution in [0.1, 0.15) is 31.1 Å². The maximum absolute atomic E-state index is 13.4. The first-order valence-electron chi connectivity index (χ1n) is 8.75. The minimum absolute atomic E-state index is 0.0531. The largest absolute Gasteiger partial charge is 0.355 e. The molecular formula is C20H21F2N5O. The van der Waals surface area contributed by atoms with Crippen LogP contribution in [0, 0.1) is 17.0 Å². The van der Waals surface area contributed by atoms with E-state index in [2.05, 4.69) is 25.8 Å². The average Bonchev–Trinajstić information content (AvgIpc) is 3.04. The Morgan fingerprint density at radius 1 is 1.14 bits per heavy atom. The zero-order valence-corrected chi connectivity index (χ0v) is 15.8. The van der Waals surface area contributed by atoms with Gasteiger partial charge in [-0.1, -0.05) is 32.9 Å². The van der Waals surface area contributed by atoms with Gasteiger partial charge < -0.3 is 10.6 Å². The Bertz CT molecular complexity index is 1040. The fourth-order valence-electron chi connectivity index (χ4n) is 2.43. The number of hydrogen-bond acceptors (Lipinski definition) is 2. The number of halogens is 2. The Balaban J connectivity index is 1.90. The lowest BCUT2D eigenvalue weighted by atomic mass is 9.97. The van der Waals surface area contributed by atoms with E-state index in [-0.39, 0.29) is 16.9 Å². The van der Waals surface area contributed by atoms with E-state index < -0.39 is 17.5 Å². The molecule has 6 nitrogen and oxygen atoms in total. The zero-order valence-electron chi connectivity index (χ0n) is 15.8. The molecule has 1 heterocycles. The van der Waals surface area contributed by atoms with Crippen LogP contribution in [0.2, 0.25) is 0 Å². The first-order valence-corrected chi connectivity index (χ1v) is 8.75. The van der Waals surface area contributed by atoms with Crippen molar-refractivity contribution in [3.63, 3.8) is 0 Å². The van der Waals surface area contributed by atoms with Gasteiger partial charge in [-0.15, -0.1) is 0 Å². The Morgan fingerprint density at radius 3 is 2.61 bits per heavy atom. The molecule has 0 bridgehead atoms. The quantitative estimate of drug-likeness (QED) is 0.469. The number of amides is 1. The molecule has 0 aliphatic carbocycles. The highest BCUT2D eigenvalue weighted by atomic mass is 19.2. The summed E-state index contributed by atoms with van der Waals surface area (Å²) in [5, 5.41) is 14.0. The number of nitrogens with zero attached hydrogens (tertiary/aromatic N) is 2. The second-order valence-electron chi connectivity index (χ2n) is 7.55. The van der Waals surface area contributed by atoms with E-state index >= 15 is 0 Å². The summed E-state index contributed by atoms with van der Waals surface area (Å²) in [4.78, 5) is 16.5. The summed E-state index contributed by atoms with van der Waals surface area (Å²) in [7, 11) is 0. The minimum Gasteiger partial charge on any atom is -0.355 e. The zero-order chi connectivity index (χ0) is 20.3. The van der Waals surface area contributed by atoms with Gasteiger partial charge in [0.15, 0.2) is 17.5 Å². The summed E-state index contributed by atoms with van der Waals surface area (Å²) in [6.45, 7) is 6.60. The van der Waals surface area contributed by atoms with Crippen LogP contribution in [-0.2, 0) is 0 Å². The van der Waals surface area contributed by atoms with Gasteiger partial charge in [0.25, 0.3) is 5.91 Å². The number of fused-ring (bicyclic) bond motifs is 1. The van der Waals surface area contributed by atoms with Gasteiger partial charge >= 0.3 is 0 Å². The predicted octanol–water partition coefficient (Wildman–Crippen LogP) is 4.09. The third kappa shape index (κ3) is 4.70. The summed E-state index contributed by atoms with van der Waals surface area (Å²) in [6.07, 6.45) is 0. The fourth-order valence-corrected chi connectivity index (χ4v) is 2.43. The molecule has 0 saturated carbocycles. The van der Waals surface area contributed by atoms with Crippen LogP contribution >= 0.6 is 0 Å². The van der Waals surface area contributed by atoms with Crippen LogP contribution in [0.15, 0.2) is 47.5 Å². The number of aromatic nitrogens is 2. The lowest BCUT2D eigenvalue weighted by Crippen LogP contribution is -2.37. The number of benzene rings is 2. The van der Waals surface area contributed by atoms with Gasteiger partial charge in [0.1, 0.15) is 0 Å². The van der Waals surface area contributed by atoms with Gasteiger partial charge in [-0.25, -0.2) is 8.78 Å². The molecule has 0 radical (unpaired) electrons. The lowest BCUT2D eigenvalue weighted by Gasteiger charge is -2.20. The molecule has 0 fully saturated rings. The highest BCUT2D eigenvalue weighted by Gasteiger charge is 2.15. The Morgan fingerprint density at radius 2 is 1.89 bits per heavy atom. The molecule has 2 aromatic carbocycles. The van der Waals surface area contributed by atoms with Crippen molar-refractivity contribution in [2.45, 2.75) is 20.8 Å². The number of aromatic amines is 1. The lowest BCUT2D eigenvalue weighted by molar-refractivity contribution is 0.100. The Hall–Kier alpha value is -3.29. The molecule has 8 heteroatoms. The van der Waals surface area contributed by atoms with E-state index in [1.807, 2.05) is 45.0 Å². The van der Waals surface area contributed by atoms with Crippen molar-refractivity contribution in [1.82, 2.24) is 15.5 Å². The van der Waals surface area contributed by atoms with Crippen LogP contribution in [0.5, 0.6) is 0 Å². The number of carbonyl (C=O) groups excluding carboxylic acids is 1. The first-order chi connectivity index (χ1) is 13.2. The third-order valence-electron chi connectivity index (χ3n) is 3.87. The molecule has 3 N–H and O–H groups in total. The van der Waals surface area contributed by atoms with Crippen molar-refractivity contribution in [2.24, 2.45) is 10.4 Å². The van der Waals surface area contributed by atoms with Crippen LogP contribution in [0.25, 0.3) is 10.9 Å². The molecule has 146 valence electrons. The fraction of sp³-hybridized carbons (Fsp3) is 0.250. The summed E-state index contributed by atoms with van der Waals surface area (Å²) in [5.74, 6) is -2.16. The van der Waals surface area contributed by atoms with Gasteiger partial charge in [0.05, 0.1) is 5.52 Å². The third-order valence-corrected chi connectivity index (χ3v) is 3.87. The maximum atomic E-state index is 13.4. The van der Waals surface area contributed by atoms with E-state index in [1.54, 1.807) is 0 Å². The molecule has 3 aromatic rings. The number of guanidine groups is 1. The summed E-state index contributed by atoms with van der Waals surface area (Å²) >= 11 is 0. The van der Waals surface area contributed by atoms with Crippen LogP contribution < -0.4 is 10.6 Å². The van der Waals surface area contributed by atoms with Crippen molar-refractivity contribution in [3.8, 4) is 0 Å². The summed E-state index contributed by atoms with van der Waals surface area (Å²) in [6, 6.07) is 10.4. The monoisotopic (exact) mass is 385 g/mol. The van der Waals surface area contributed by atoms with E-state index in [1.165, 1.54) is 6.07 Å². The van der Waals surface area contributed by atoms with Gasteiger partial charge in [-0.2, -0.15) is 10.1 Å². The van der Waals surface area contributed by atoms with Crippen molar-refractivity contribution < 1.29 is 13.6 Å². The second kappa shape index (κ2) is 7.75. The van der Waals surface area contributed by atoms with Gasteiger partial charge in [-0.05, 0) is 35.7 Å². The predicted molar refractivity (Wildman–Crippen MR) is 105 cm³/mol. The van der Waals surface area contributed by atoms with Crippen LogP contribution in [-0.4, -0.2) is 28.6 Å². The average molecular weight is 385 g/mol. The highest BCUT2D eigenvalue weighted by Crippen LogP contribution is 2.20. The van der Waals surface area contributed by atoms with Crippen molar-refractivity contribution in [2.75, 3.05) is 11.9 Å². The molecule has 0 aliphatic rings. The standard InChI is InChI=1S/C20H21F2N5O/c1-20(2,3)11-23-19(24-17-13-6-4-5-7-16(13)26-27-17)25-18(28)12-8-9-14(21)15(22)10-12/h4-10H,11H2,1-3H3,(H3,23,24,25,26,27,28). The van der Waals surface area contributed by atoms with E-state index in [9.17, 15) is 13.6 Å². The number of para-hydroxylation sites is 1. The first kappa shape index (κ1) is 19.5. The van der Waals surface area contributed by atoms with E-state index in [0.29, 0.717) is 12.4 Å². The van der Waals surface area contributed by atoms with Crippen LogP contribution in [0.4, 0.5) is 14.6 Å². The molecule has 28 heavy (non-hydrogen) atoms. The number of nitrogens with one attached hydrogen (secondary N) is 3. The van der Waals surface area contributed by atoms with Gasteiger partial charge in [0, 0.05) is 17.5 Å². The second-order valence-corrected chi connectivity index (χ2v) is 7.55. The van der Waals surface area contributed by atoms with Crippen LogP contribution in [0.3, 0.4) is 0 Å². The molecular weight excluding hydrogens is 364 g/mol. The molecule has 0 spiro atoms. The Labute approximate surface area is 161 Å². The SMILES string of the molecule is CC(C)(C)CN/C(=N/C(=O)c1ccc(F)c(F)c1)Nc1n[nH]c2ccccc12. The highest BCUT2D eigenvalue weighted by molar-refractivity contribution is 6.08.